The van der Waals surface area contributed by atoms with Gasteiger partial charge in [0.25, 0.3) is 0 Å². The third kappa shape index (κ3) is 1.23. The summed E-state index contributed by atoms with van der Waals surface area (Å²) in [6, 6.07) is 4.50. The first kappa shape index (κ1) is 11.3. The third-order valence-electron chi connectivity index (χ3n) is 5.95. The Morgan fingerprint density at radius 3 is 2.53 bits per heavy atom. The number of pyridine rings is 1. The van der Waals surface area contributed by atoms with Crippen LogP contribution in [0, 0.1) is 24.2 Å². The SMILES string of the molecule is Cc1ccc(C23CC(CCC2C)C3(C)C)cn1. The van der Waals surface area contributed by atoms with Gasteiger partial charge >= 0.3 is 0 Å². The molecule has 3 saturated carbocycles. The van der Waals surface area contributed by atoms with E-state index in [1.807, 2.05) is 0 Å². The fourth-order valence-electron chi connectivity index (χ4n) is 4.64. The average molecular weight is 229 g/mol. The van der Waals surface area contributed by atoms with E-state index in [0.29, 0.717) is 10.8 Å². The molecule has 3 unspecified atom stereocenters. The van der Waals surface area contributed by atoms with E-state index in [1.165, 1.54) is 24.8 Å². The summed E-state index contributed by atoms with van der Waals surface area (Å²) in [5.41, 5.74) is 3.47. The maximum absolute atomic E-state index is 4.52. The largest absolute Gasteiger partial charge is 0.261 e. The first-order chi connectivity index (χ1) is 7.98. The molecule has 17 heavy (non-hydrogen) atoms. The fraction of sp³-hybridized carbons (Fsp3) is 0.688. The van der Waals surface area contributed by atoms with E-state index < -0.39 is 0 Å². The van der Waals surface area contributed by atoms with Crippen molar-refractivity contribution in [1.29, 1.82) is 0 Å². The molecular weight excluding hydrogens is 206 g/mol. The number of nitrogens with zero attached hydrogens (tertiary/aromatic N) is 1. The standard InChI is InChI=1S/C16H23N/c1-11-5-7-13-9-16(11,15(13,3)4)14-8-6-12(2)17-10-14/h6,8,10-11,13H,5,7,9H2,1-4H3. The van der Waals surface area contributed by atoms with Crippen molar-refractivity contribution in [1.82, 2.24) is 4.98 Å². The Morgan fingerprint density at radius 2 is 2.00 bits per heavy atom. The molecule has 0 saturated heterocycles. The van der Waals surface area contributed by atoms with Crippen LogP contribution in [0.2, 0.25) is 0 Å². The summed E-state index contributed by atoms with van der Waals surface area (Å²) in [5, 5.41) is 0. The number of aryl methyl sites for hydroxylation is 1. The molecule has 1 nitrogen and oxygen atoms in total. The lowest BCUT2D eigenvalue weighted by molar-refractivity contribution is -0.133. The van der Waals surface area contributed by atoms with E-state index in [-0.39, 0.29) is 0 Å². The summed E-state index contributed by atoms with van der Waals surface area (Å²) in [7, 11) is 0. The van der Waals surface area contributed by atoms with Crippen molar-refractivity contribution in [3.63, 3.8) is 0 Å². The Morgan fingerprint density at radius 1 is 1.24 bits per heavy atom. The van der Waals surface area contributed by atoms with Crippen LogP contribution in [0.5, 0.6) is 0 Å². The Bertz CT molecular complexity index is 431. The van der Waals surface area contributed by atoms with Crippen LogP contribution in [0.15, 0.2) is 18.3 Å². The van der Waals surface area contributed by atoms with Crippen molar-refractivity contribution < 1.29 is 0 Å². The normalized spacial score (nSPS) is 38.6. The summed E-state index contributed by atoms with van der Waals surface area (Å²) in [6.07, 6.45) is 6.33. The Balaban J connectivity index is 2.07. The van der Waals surface area contributed by atoms with E-state index in [9.17, 15) is 0 Å². The summed E-state index contributed by atoms with van der Waals surface area (Å²) < 4.78 is 0. The second kappa shape index (κ2) is 3.34. The van der Waals surface area contributed by atoms with Crippen LogP contribution in [0.25, 0.3) is 0 Å². The van der Waals surface area contributed by atoms with E-state index in [2.05, 4.69) is 51.0 Å². The molecular formula is C16H23N. The number of rotatable bonds is 1. The van der Waals surface area contributed by atoms with Gasteiger partial charge < -0.3 is 0 Å². The molecule has 0 aliphatic heterocycles. The molecule has 1 aromatic heterocycles. The van der Waals surface area contributed by atoms with E-state index >= 15 is 0 Å². The van der Waals surface area contributed by atoms with E-state index in [4.69, 9.17) is 0 Å². The van der Waals surface area contributed by atoms with Crippen molar-refractivity contribution in [2.75, 3.05) is 0 Å². The van der Waals surface area contributed by atoms with Crippen LogP contribution in [-0.4, -0.2) is 4.98 Å². The van der Waals surface area contributed by atoms with Crippen LogP contribution in [0.3, 0.4) is 0 Å². The van der Waals surface area contributed by atoms with Gasteiger partial charge in [0.1, 0.15) is 0 Å². The second-order valence-electron chi connectivity index (χ2n) is 6.76. The molecule has 92 valence electrons. The molecule has 0 amide bonds. The molecule has 3 aliphatic carbocycles. The van der Waals surface area contributed by atoms with Crippen LogP contribution in [0.1, 0.15) is 51.3 Å². The average Bonchev–Trinajstić information content (AvgIpc) is 2.30. The molecule has 1 heteroatoms. The lowest BCUT2D eigenvalue weighted by atomic mass is 9.35. The smallest absolute Gasteiger partial charge is 0.0372 e. The van der Waals surface area contributed by atoms with Crippen molar-refractivity contribution in [3.05, 3.63) is 29.6 Å². The van der Waals surface area contributed by atoms with Gasteiger partial charge in [0.15, 0.2) is 0 Å². The van der Waals surface area contributed by atoms with Crippen LogP contribution >= 0.6 is 0 Å². The maximum Gasteiger partial charge on any atom is 0.0372 e. The highest BCUT2D eigenvalue weighted by atomic mass is 14.7. The molecule has 3 aliphatic rings. The quantitative estimate of drug-likeness (QED) is 0.706. The van der Waals surface area contributed by atoms with Gasteiger partial charge in [-0.2, -0.15) is 0 Å². The monoisotopic (exact) mass is 229 g/mol. The zero-order chi connectivity index (χ0) is 12.3. The van der Waals surface area contributed by atoms with Crippen molar-refractivity contribution in [2.24, 2.45) is 17.3 Å². The van der Waals surface area contributed by atoms with Crippen LogP contribution in [-0.2, 0) is 5.41 Å². The topological polar surface area (TPSA) is 12.9 Å². The van der Waals surface area contributed by atoms with Gasteiger partial charge in [-0.3, -0.25) is 4.98 Å². The third-order valence-corrected chi connectivity index (χ3v) is 5.95. The first-order valence-corrected chi connectivity index (χ1v) is 6.91. The molecule has 2 bridgehead atoms. The summed E-state index contributed by atoms with van der Waals surface area (Å²) in [4.78, 5) is 4.52. The van der Waals surface area contributed by atoms with E-state index in [1.54, 1.807) is 0 Å². The van der Waals surface area contributed by atoms with E-state index in [0.717, 1.165) is 17.5 Å². The maximum atomic E-state index is 4.52. The Hall–Kier alpha value is -0.850. The summed E-state index contributed by atoms with van der Waals surface area (Å²) >= 11 is 0. The van der Waals surface area contributed by atoms with Gasteiger partial charge in [-0.1, -0.05) is 26.8 Å². The van der Waals surface area contributed by atoms with Crippen molar-refractivity contribution in [2.45, 2.75) is 52.4 Å². The second-order valence-corrected chi connectivity index (χ2v) is 6.76. The zero-order valence-electron chi connectivity index (χ0n) is 11.5. The lowest BCUT2D eigenvalue weighted by Gasteiger charge is -2.69. The molecule has 0 radical (unpaired) electrons. The van der Waals surface area contributed by atoms with Gasteiger partial charge in [0, 0.05) is 17.3 Å². The minimum Gasteiger partial charge on any atom is -0.261 e. The molecule has 0 aromatic carbocycles. The minimum absolute atomic E-state index is 0.399. The minimum atomic E-state index is 0.399. The summed E-state index contributed by atoms with van der Waals surface area (Å²) in [5.74, 6) is 1.73. The molecule has 1 aromatic rings. The van der Waals surface area contributed by atoms with Gasteiger partial charge in [0.05, 0.1) is 0 Å². The van der Waals surface area contributed by atoms with Crippen molar-refractivity contribution >= 4 is 0 Å². The fourth-order valence-corrected chi connectivity index (χ4v) is 4.64. The number of hydrogen-bond donors (Lipinski definition) is 0. The number of hydrogen-bond acceptors (Lipinski definition) is 1. The first-order valence-electron chi connectivity index (χ1n) is 6.91. The molecule has 3 atom stereocenters. The highest BCUT2D eigenvalue weighted by molar-refractivity contribution is 5.35. The number of fused-ring (bicyclic) bond motifs is 2. The highest BCUT2D eigenvalue weighted by Gasteiger charge is 2.64. The molecule has 0 spiro atoms. The van der Waals surface area contributed by atoms with Crippen LogP contribution in [0.4, 0.5) is 0 Å². The molecule has 1 heterocycles. The Labute approximate surface area is 105 Å². The summed E-state index contributed by atoms with van der Waals surface area (Å²) in [6.45, 7) is 9.45. The molecule has 3 fully saturated rings. The van der Waals surface area contributed by atoms with Gasteiger partial charge in [0.2, 0.25) is 0 Å². The molecule has 4 rings (SSSR count). The predicted octanol–water partition coefficient (Wildman–Crippen LogP) is 4.10. The van der Waals surface area contributed by atoms with Crippen LogP contribution < -0.4 is 0 Å². The van der Waals surface area contributed by atoms with Gasteiger partial charge in [-0.25, -0.2) is 0 Å². The highest BCUT2D eigenvalue weighted by Crippen LogP contribution is 2.70. The predicted molar refractivity (Wildman–Crippen MR) is 70.9 cm³/mol. The number of aromatic nitrogens is 1. The Kier molecular flexibility index (Phi) is 2.21. The lowest BCUT2D eigenvalue weighted by Crippen LogP contribution is -2.64. The molecule has 0 N–H and O–H groups in total. The van der Waals surface area contributed by atoms with Crippen molar-refractivity contribution in [3.8, 4) is 0 Å². The zero-order valence-corrected chi connectivity index (χ0v) is 11.5. The van der Waals surface area contributed by atoms with Gasteiger partial charge in [-0.15, -0.1) is 0 Å². The van der Waals surface area contributed by atoms with Gasteiger partial charge in [-0.05, 0) is 55.1 Å².